The van der Waals surface area contributed by atoms with Crippen molar-refractivity contribution in [3.63, 3.8) is 0 Å². The van der Waals surface area contributed by atoms with Crippen molar-refractivity contribution in [2.45, 2.75) is 33.1 Å². The van der Waals surface area contributed by atoms with Crippen LogP contribution in [0.1, 0.15) is 40.1 Å². The van der Waals surface area contributed by atoms with Gasteiger partial charge in [-0.15, -0.1) is 11.3 Å². The topological polar surface area (TPSA) is 68.9 Å². The highest BCUT2D eigenvalue weighted by Crippen LogP contribution is 2.23. The van der Waals surface area contributed by atoms with E-state index in [1.54, 1.807) is 23.2 Å². The van der Waals surface area contributed by atoms with Gasteiger partial charge in [0, 0.05) is 19.8 Å². The van der Waals surface area contributed by atoms with Gasteiger partial charge in [0.2, 0.25) is 0 Å². The average Bonchev–Trinajstić information content (AvgIpc) is 3.07. The maximum atomic E-state index is 12.6. The largest absolute Gasteiger partial charge is 0.328 e. The van der Waals surface area contributed by atoms with Gasteiger partial charge in [-0.25, -0.2) is 9.78 Å². The molecule has 0 bridgehead atoms. The molecule has 1 N–H and O–H groups in total. The zero-order chi connectivity index (χ0) is 18.1. The van der Waals surface area contributed by atoms with Crippen LogP contribution in [0.15, 0.2) is 23.0 Å². The van der Waals surface area contributed by atoms with E-state index in [0.29, 0.717) is 10.6 Å². The Balaban J connectivity index is 1.86. The van der Waals surface area contributed by atoms with E-state index < -0.39 is 0 Å². The minimum atomic E-state index is -0.155. The molecule has 0 radical (unpaired) electrons. The summed E-state index contributed by atoms with van der Waals surface area (Å²) in [7, 11) is 3.46. The van der Waals surface area contributed by atoms with E-state index in [9.17, 15) is 9.59 Å². The zero-order valence-electron chi connectivity index (χ0n) is 14.9. The van der Waals surface area contributed by atoms with Gasteiger partial charge in [-0.1, -0.05) is 13.3 Å². The Bertz CT molecular complexity index is 997. The molecule has 0 saturated heterocycles. The van der Waals surface area contributed by atoms with E-state index in [2.05, 4.69) is 17.2 Å². The number of thiazole rings is 1. The second-order valence-corrected chi connectivity index (χ2v) is 7.27. The number of hydrogen-bond acceptors (Lipinski definition) is 4. The molecular formula is C18H22N4O2S. The van der Waals surface area contributed by atoms with Crippen LogP contribution in [-0.4, -0.2) is 20.0 Å². The van der Waals surface area contributed by atoms with Gasteiger partial charge in [0.1, 0.15) is 4.88 Å². The third-order valence-electron chi connectivity index (χ3n) is 4.32. The first kappa shape index (κ1) is 17.4. The van der Waals surface area contributed by atoms with E-state index in [1.165, 1.54) is 11.3 Å². The Labute approximate surface area is 150 Å². The third-order valence-corrected chi connectivity index (χ3v) is 5.54. The van der Waals surface area contributed by atoms with E-state index in [0.717, 1.165) is 41.0 Å². The van der Waals surface area contributed by atoms with E-state index in [-0.39, 0.29) is 11.6 Å². The SMILES string of the molecule is CCCCc1nc(C)c(C(=O)Nc2ccc3c(c2)n(C)c(=O)n3C)s1. The maximum absolute atomic E-state index is 12.6. The molecule has 2 heterocycles. The minimum Gasteiger partial charge on any atom is -0.321 e. The molecule has 0 spiro atoms. The number of imidazole rings is 1. The smallest absolute Gasteiger partial charge is 0.321 e. The summed E-state index contributed by atoms with van der Waals surface area (Å²) in [6.07, 6.45) is 3.09. The van der Waals surface area contributed by atoms with Crippen molar-refractivity contribution < 1.29 is 4.79 Å². The summed E-state index contributed by atoms with van der Waals surface area (Å²) in [5, 5.41) is 3.93. The van der Waals surface area contributed by atoms with Crippen molar-refractivity contribution in [3.8, 4) is 0 Å². The molecule has 1 aromatic carbocycles. The summed E-state index contributed by atoms with van der Waals surface area (Å²) in [4.78, 5) is 29.8. The fraction of sp³-hybridized carbons (Fsp3) is 0.389. The number of carbonyl (C=O) groups is 1. The summed E-state index contributed by atoms with van der Waals surface area (Å²) in [6, 6.07) is 5.48. The minimum absolute atomic E-state index is 0.0858. The van der Waals surface area contributed by atoms with Gasteiger partial charge in [0.15, 0.2) is 0 Å². The first-order valence-corrected chi connectivity index (χ1v) is 9.17. The lowest BCUT2D eigenvalue weighted by molar-refractivity contribution is 0.103. The summed E-state index contributed by atoms with van der Waals surface area (Å²) in [6.45, 7) is 4.01. The first-order chi connectivity index (χ1) is 11.9. The second-order valence-electron chi connectivity index (χ2n) is 6.18. The Hall–Kier alpha value is -2.41. The van der Waals surface area contributed by atoms with Gasteiger partial charge in [-0.05, 0) is 38.0 Å². The molecule has 1 amide bonds. The Kier molecular flexibility index (Phi) is 4.76. The van der Waals surface area contributed by atoms with Crippen molar-refractivity contribution in [2.24, 2.45) is 14.1 Å². The number of fused-ring (bicyclic) bond motifs is 1. The van der Waals surface area contributed by atoms with Gasteiger partial charge in [-0.3, -0.25) is 13.9 Å². The van der Waals surface area contributed by atoms with Crippen molar-refractivity contribution in [1.29, 1.82) is 0 Å². The number of amides is 1. The van der Waals surface area contributed by atoms with Gasteiger partial charge < -0.3 is 5.32 Å². The summed E-state index contributed by atoms with van der Waals surface area (Å²) in [5.74, 6) is -0.155. The summed E-state index contributed by atoms with van der Waals surface area (Å²) < 4.78 is 3.17. The molecule has 0 atom stereocenters. The average molecular weight is 358 g/mol. The molecule has 2 aromatic heterocycles. The van der Waals surface area contributed by atoms with E-state index in [4.69, 9.17) is 0 Å². The molecule has 0 unspecified atom stereocenters. The number of benzene rings is 1. The highest BCUT2D eigenvalue weighted by atomic mass is 32.1. The highest BCUT2D eigenvalue weighted by molar-refractivity contribution is 7.13. The van der Waals surface area contributed by atoms with Crippen LogP contribution in [0, 0.1) is 6.92 Å². The van der Waals surface area contributed by atoms with Crippen LogP contribution in [0.4, 0.5) is 5.69 Å². The molecule has 6 nitrogen and oxygen atoms in total. The first-order valence-electron chi connectivity index (χ1n) is 8.35. The summed E-state index contributed by atoms with van der Waals surface area (Å²) >= 11 is 1.46. The lowest BCUT2D eigenvalue weighted by Crippen LogP contribution is -2.19. The van der Waals surface area contributed by atoms with Gasteiger partial charge in [0.25, 0.3) is 5.91 Å². The number of anilines is 1. The monoisotopic (exact) mass is 358 g/mol. The van der Waals surface area contributed by atoms with Crippen LogP contribution in [0.25, 0.3) is 11.0 Å². The van der Waals surface area contributed by atoms with Crippen molar-refractivity contribution in [2.75, 3.05) is 5.32 Å². The van der Waals surface area contributed by atoms with Crippen LogP contribution >= 0.6 is 11.3 Å². The number of aromatic nitrogens is 3. The van der Waals surface area contributed by atoms with Crippen LogP contribution in [-0.2, 0) is 20.5 Å². The van der Waals surface area contributed by atoms with E-state index in [1.807, 2.05) is 25.1 Å². The molecule has 132 valence electrons. The molecule has 25 heavy (non-hydrogen) atoms. The molecule has 0 aliphatic carbocycles. The number of nitrogens with one attached hydrogen (secondary N) is 1. The van der Waals surface area contributed by atoms with Crippen LogP contribution < -0.4 is 11.0 Å². The molecule has 7 heteroatoms. The molecule has 3 rings (SSSR count). The predicted molar refractivity (Wildman–Crippen MR) is 102 cm³/mol. The Morgan fingerprint density at radius 1 is 1.24 bits per heavy atom. The molecule has 0 saturated carbocycles. The van der Waals surface area contributed by atoms with Crippen LogP contribution in [0.5, 0.6) is 0 Å². The fourth-order valence-electron chi connectivity index (χ4n) is 2.87. The Morgan fingerprint density at radius 3 is 2.68 bits per heavy atom. The lowest BCUT2D eigenvalue weighted by Gasteiger charge is -2.05. The number of nitrogens with zero attached hydrogens (tertiary/aromatic N) is 3. The number of carbonyl (C=O) groups excluding carboxylic acids is 1. The van der Waals surface area contributed by atoms with Gasteiger partial charge in [-0.2, -0.15) is 0 Å². The number of unbranched alkanes of at least 4 members (excludes halogenated alkanes) is 1. The molecule has 0 aliphatic rings. The van der Waals surface area contributed by atoms with Gasteiger partial charge >= 0.3 is 5.69 Å². The number of rotatable bonds is 5. The Morgan fingerprint density at radius 2 is 1.96 bits per heavy atom. The van der Waals surface area contributed by atoms with E-state index >= 15 is 0 Å². The van der Waals surface area contributed by atoms with Crippen molar-refractivity contribution in [1.82, 2.24) is 14.1 Å². The van der Waals surface area contributed by atoms with Crippen molar-refractivity contribution >= 4 is 34.0 Å². The molecule has 3 aromatic rings. The molecular weight excluding hydrogens is 336 g/mol. The van der Waals surface area contributed by atoms with Gasteiger partial charge in [0.05, 0.1) is 21.7 Å². The summed E-state index contributed by atoms with van der Waals surface area (Å²) in [5.41, 5.74) is 2.97. The maximum Gasteiger partial charge on any atom is 0.328 e. The predicted octanol–water partition coefficient (Wildman–Crippen LogP) is 3.24. The third kappa shape index (κ3) is 3.24. The number of hydrogen-bond donors (Lipinski definition) is 1. The zero-order valence-corrected chi connectivity index (χ0v) is 15.7. The molecule has 0 aliphatic heterocycles. The van der Waals surface area contributed by atoms with Crippen LogP contribution in [0.2, 0.25) is 0 Å². The quantitative estimate of drug-likeness (QED) is 0.761. The van der Waals surface area contributed by atoms with Crippen LogP contribution in [0.3, 0.4) is 0 Å². The lowest BCUT2D eigenvalue weighted by atomic mass is 10.2. The number of aryl methyl sites for hydroxylation is 4. The van der Waals surface area contributed by atoms with Crippen molar-refractivity contribution in [3.05, 3.63) is 44.3 Å². The standard InChI is InChI=1S/C18H22N4O2S/c1-5-6-7-15-19-11(2)16(25-15)17(23)20-12-8-9-13-14(10-12)22(4)18(24)21(13)3/h8-10H,5-7H2,1-4H3,(H,20,23). The highest BCUT2D eigenvalue weighted by Gasteiger charge is 2.16. The normalized spacial score (nSPS) is 11.2. The fourth-order valence-corrected chi connectivity index (χ4v) is 3.87. The molecule has 0 fully saturated rings. The second kappa shape index (κ2) is 6.84.